The zero-order valence-corrected chi connectivity index (χ0v) is 24.8. The fourth-order valence-electron chi connectivity index (χ4n) is 5.75. The minimum atomic E-state index is -2.15. The van der Waals surface area contributed by atoms with E-state index < -0.39 is 31.6 Å². The first-order chi connectivity index (χ1) is 18.3. The van der Waals surface area contributed by atoms with E-state index in [1.54, 1.807) is 23.1 Å². The fraction of sp³-hybridized carbons (Fsp3) is 0.484. The van der Waals surface area contributed by atoms with Crippen molar-refractivity contribution >= 4 is 20.0 Å². The van der Waals surface area contributed by atoms with Crippen molar-refractivity contribution in [2.45, 2.75) is 82.0 Å². The number of carbonyl (C=O) groups is 2. The Morgan fingerprint density at radius 2 is 1.82 bits per heavy atom. The summed E-state index contributed by atoms with van der Waals surface area (Å²) in [5, 5.41) is -0.00102. The molecular formula is C31H39NO6Si. The molecule has 1 amide bonds. The van der Waals surface area contributed by atoms with Crippen LogP contribution < -0.4 is 9.47 Å². The van der Waals surface area contributed by atoms with E-state index in [4.69, 9.17) is 18.6 Å². The minimum absolute atomic E-state index is 0.00102. The van der Waals surface area contributed by atoms with Crippen molar-refractivity contribution in [3.8, 4) is 11.5 Å². The van der Waals surface area contributed by atoms with Crippen molar-refractivity contribution in [3.05, 3.63) is 72.3 Å². The lowest BCUT2D eigenvalue weighted by Gasteiger charge is -2.48. The number of hydrogen-bond acceptors (Lipinski definition) is 6. The van der Waals surface area contributed by atoms with Crippen LogP contribution in [0.5, 0.6) is 11.5 Å². The van der Waals surface area contributed by atoms with Gasteiger partial charge in [0.2, 0.25) is 12.7 Å². The van der Waals surface area contributed by atoms with Gasteiger partial charge in [0, 0.05) is 0 Å². The maximum atomic E-state index is 14.8. The number of hydrogen-bond donors (Lipinski definition) is 0. The van der Waals surface area contributed by atoms with Crippen LogP contribution in [0.1, 0.15) is 57.8 Å². The van der Waals surface area contributed by atoms with Gasteiger partial charge in [-0.15, -0.1) is 0 Å². The summed E-state index contributed by atoms with van der Waals surface area (Å²) in [6, 6.07) is 14.9. The molecule has 0 unspecified atom stereocenters. The SMILES string of the molecule is C=CC(=O)[C@@]1(c2ccc3c(c2)OCO3)CC[C@@]2(C)O[C@@H](c3ccccc3)[C@H](CO[Si](C)(C)C(C)(C)C)N2C1=O. The highest BCUT2D eigenvalue weighted by molar-refractivity contribution is 6.74. The molecule has 0 aromatic heterocycles. The summed E-state index contributed by atoms with van der Waals surface area (Å²) >= 11 is 0. The largest absolute Gasteiger partial charge is 0.454 e. The molecule has 208 valence electrons. The van der Waals surface area contributed by atoms with Gasteiger partial charge in [0.15, 0.2) is 25.6 Å². The van der Waals surface area contributed by atoms with E-state index in [0.29, 0.717) is 36.5 Å². The molecule has 8 heteroatoms. The average molecular weight is 550 g/mol. The second-order valence-electron chi connectivity index (χ2n) is 12.5. The van der Waals surface area contributed by atoms with Gasteiger partial charge in [-0.1, -0.05) is 63.7 Å². The number of ether oxygens (including phenoxy) is 3. The molecule has 0 aliphatic carbocycles. The Labute approximate surface area is 232 Å². The van der Waals surface area contributed by atoms with Crippen LogP contribution in [0.25, 0.3) is 0 Å². The fourth-order valence-corrected chi connectivity index (χ4v) is 6.77. The number of piperidine rings is 1. The summed E-state index contributed by atoms with van der Waals surface area (Å²) in [7, 11) is -2.15. The van der Waals surface area contributed by atoms with E-state index in [2.05, 4.69) is 40.4 Å². The first kappa shape index (κ1) is 27.6. The average Bonchev–Trinajstić information content (AvgIpc) is 3.49. The van der Waals surface area contributed by atoms with Crippen molar-refractivity contribution in [3.63, 3.8) is 0 Å². The maximum absolute atomic E-state index is 14.8. The molecule has 7 nitrogen and oxygen atoms in total. The van der Waals surface area contributed by atoms with E-state index in [1.165, 1.54) is 6.08 Å². The molecular weight excluding hydrogens is 510 g/mol. The van der Waals surface area contributed by atoms with Gasteiger partial charge in [-0.3, -0.25) is 9.59 Å². The van der Waals surface area contributed by atoms with Gasteiger partial charge in [-0.05, 0) is 67.2 Å². The molecule has 39 heavy (non-hydrogen) atoms. The predicted octanol–water partition coefficient (Wildman–Crippen LogP) is 5.91. The summed E-state index contributed by atoms with van der Waals surface area (Å²) in [5.41, 5.74) is -0.767. The number of fused-ring (bicyclic) bond motifs is 2. The molecule has 0 N–H and O–H groups in total. The van der Waals surface area contributed by atoms with Gasteiger partial charge in [-0.25, -0.2) is 0 Å². The van der Waals surface area contributed by atoms with E-state index >= 15 is 0 Å². The second kappa shape index (κ2) is 9.61. The lowest BCUT2D eigenvalue weighted by Crippen LogP contribution is -2.64. The summed E-state index contributed by atoms with van der Waals surface area (Å²) < 4.78 is 24.6. The maximum Gasteiger partial charge on any atom is 0.243 e. The van der Waals surface area contributed by atoms with Gasteiger partial charge in [-0.2, -0.15) is 0 Å². The smallest absolute Gasteiger partial charge is 0.243 e. The normalized spacial score (nSPS) is 28.4. The molecule has 0 radical (unpaired) electrons. The number of benzene rings is 2. The van der Waals surface area contributed by atoms with Crippen LogP contribution in [0.4, 0.5) is 0 Å². The Balaban J connectivity index is 1.60. The Bertz CT molecular complexity index is 1290. The molecule has 2 fully saturated rings. The van der Waals surface area contributed by atoms with Gasteiger partial charge >= 0.3 is 0 Å². The minimum Gasteiger partial charge on any atom is -0.454 e. The van der Waals surface area contributed by atoms with Crippen LogP contribution in [0.3, 0.4) is 0 Å². The summed E-state index contributed by atoms with van der Waals surface area (Å²) in [4.78, 5) is 30.3. The topological polar surface area (TPSA) is 74.3 Å². The molecule has 3 aliphatic rings. The van der Waals surface area contributed by atoms with E-state index in [1.807, 2.05) is 37.3 Å². The number of amides is 1. The van der Waals surface area contributed by atoms with Gasteiger partial charge in [0.1, 0.15) is 17.2 Å². The monoisotopic (exact) mass is 549 g/mol. The molecule has 2 saturated heterocycles. The van der Waals surface area contributed by atoms with E-state index in [9.17, 15) is 9.59 Å². The lowest BCUT2D eigenvalue weighted by molar-refractivity contribution is -0.171. The van der Waals surface area contributed by atoms with Crippen LogP contribution >= 0.6 is 0 Å². The Hall–Kier alpha value is -2.94. The first-order valence-corrected chi connectivity index (χ1v) is 16.5. The molecule has 3 aliphatic heterocycles. The predicted molar refractivity (Wildman–Crippen MR) is 151 cm³/mol. The summed E-state index contributed by atoms with van der Waals surface area (Å²) in [5.74, 6) is 0.507. The third-order valence-electron chi connectivity index (χ3n) is 9.14. The number of allylic oxidation sites excluding steroid dienone is 1. The number of ketones is 1. The molecule has 5 rings (SSSR count). The zero-order chi connectivity index (χ0) is 28.2. The highest BCUT2D eigenvalue weighted by Crippen LogP contribution is 2.53. The summed E-state index contributed by atoms with van der Waals surface area (Å²) in [6.45, 7) is 17.1. The number of nitrogens with zero attached hydrogens (tertiary/aromatic N) is 1. The van der Waals surface area contributed by atoms with Crippen molar-refractivity contribution < 1.29 is 28.2 Å². The lowest BCUT2D eigenvalue weighted by atomic mass is 9.68. The molecule has 4 atom stereocenters. The highest BCUT2D eigenvalue weighted by Gasteiger charge is 2.63. The Kier molecular flexibility index (Phi) is 6.80. The number of carbonyl (C=O) groups excluding carboxylic acids is 2. The van der Waals surface area contributed by atoms with Crippen LogP contribution in [0, 0.1) is 0 Å². The van der Waals surface area contributed by atoms with Crippen LogP contribution in [0.15, 0.2) is 61.2 Å². The Morgan fingerprint density at radius 3 is 2.49 bits per heavy atom. The molecule has 2 aromatic carbocycles. The van der Waals surface area contributed by atoms with Crippen LogP contribution in [-0.4, -0.2) is 50.1 Å². The third-order valence-corrected chi connectivity index (χ3v) is 13.6. The van der Waals surface area contributed by atoms with Crippen molar-refractivity contribution in [2.75, 3.05) is 13.4 Å². The van der Waals surface area contributed by atoms with E-state index in [0.717, 1.165) is 5.56 Å². The first-order valence-electron chi connectivity index (χ1n) is 13.6. The highest BCUT2D eigenvalue weighted by atomic mass is 28.4. The van der Waals surface area contributed by atoms with Gasteiger partial charge in [0.05, 0.1) is 12.6 Å². The standard InChI is InChI=1S/C31H39NO6Si/c1-8-26(33)31(22-14-15-24-25(18-22)36-20-35-24)17-16-30(5)32(28(31)34)23(19-37-39(6,7)29(2,3)4)27(38-30)21-12-10-9-11-13-21/h8-15,18,23,27H,1,16-17,19-20H2,2-7H3/t23-,27-,30+,31-/m0/s1. The van der Waals surface area contributed by atoms with Gasteiger partial charge < -0.3 is 23.5 Å². The molecule has 0 bridgehead atoms. The molecule has 3 heterocycles. The van der Waals surface area contributed by atoms with Gasteiger partial charge in [0.25, 0.3) is 0 Å². The van der Waals surface area contributed by atoms with Crippen LogP contribution in [0.2, 0.25) is 18.1 Å². The molecule has 0 saturated carbocycles. The third kappa shape index (κ3) is 4.42. The molecule has 0 spiro atoms. The van der Waals surface area contributed by atoms with Crippen LogP contribution in [-0.2, 0) is 24.2 Å². The van der Waals surface area contributed by atoms with Crippen molar-refractivity contribution in [1.82, 2.24) is 4.90 Å². The summed E-state index contributed by atoms with van der Waals surface area (Å²) in [6.07, 6.45) is 1.64. The second-order valence-corrected chi connectivity index (χ2v) is 17.3. The zero-order valence-electron chi connectivity index (χ0n) is 23.8. The molecule has 2 aromatic rings. The number of rotatable bonds is 7. The van der Waals surface area contributed by atoms with E-state index in [-0.39, 0.29) is 23.5 Å². The quantitative estimate of drug-likeness (QED) is 0.243. The van der Waals surface area contributed by atoms with Crippen molar-refractivity contribution in [2.24, 2.45) is 0 Å². The Morgan fingerprint density at radius 1 is 1.13 bits per heavy atom. The van der Waals surface area contributed by atoms with Crippen molar-refractivity contribution in [1.29, 1.82) is 0 Å².